The van der Waals surface area contributed by atoms with Crippen molar-refractivity contribution in [1.82, 2.24) is 0 Å². The number of esters is 1. The molecule has 3 nitrogen and oxygen atoms in total. The third-order valence-corrected chi connectivity index (χ3v) is 3.71. The largest absolute Gasteiger partial charge is 0.431 e. The van der Waals surface area contributed by atoms with Crippen molar-refractivity contribution in [1.29, 1.82) is 0 Å². The SMILES string of the molecule is CC(=O)OC1=CC(CCCCCCCCCC=O)=CCC1. The van der Waals surface area contributed by atoms with Crippen LogP contribution in [-0.4, -0.2) is 12.3 Å². The molecular weight excluding hydrogens is 264 g/mol. The number of hydrogen-bond acceptors (Lipinski definition) is 3. The second-order valence-electron chi connectivity index (χ2n) is 5.70. The van der Waals surface area contributed by atoms with Crippen LogP contribution >= 0.6 is 0 Å². The van der Waals surface area contributed by atoms with Gasteiger partial charge in [-0.1, -0.05) is 38.2 Å². The minimum atomic E-state index is -0.225. The summed E-state index contributed by atoms with van der Waals surface area (Å²) in [7, 11) is 0. The highest BCUT2D eigenvalue weighted by molar-refractivity contribution is 5.67. The van der Waals surface area contributed by atoms with Gasteiger partial charge in [-0.05, 0) is 37.3 Å². The van der Waals surface area contributed by atoms with E-state index in [-0.39, 0.29) is 5.97 Å². The van der Waals surface area contributed by atoms with Gasteiger partial charge in [0.15, 0.2) is 0 Å². The molecule has 0 saturated heterocycles. The summed E-state index contributed by atoms with van der Waals surface area (Å²) in [5, 5.41) is 0. The molecule has 1 aliphatic carbocycles. The molecule has 0 aliphatic heterocycles. The van der Waals surface area contributed by atoms with Gasteiger partial charge in [-0.15, -0.1) is 0 Å². The van der Waals surface area contributed by atoms with Crippen LogP contribution in [0.3, 0.4) is 0 Å². The van der Waals surface area contributed by atoms with Crippen molar-refractivity contribution in [2.45, 2.75) is 77.6 Å². The van der Waals surface area contributed by atoms with Crippen LogP contribution in [0.15, 0.2) is 23.5 Å². The van der Waals surface area contributed by atoms with E-state index in [0.29, 0.717) is 6.42 Å². The Kier molecular flexibility index (Phi) is 9.51. The van der Waals surface area contributed by atoms with Gasteiger partial charge in [0.2, 0.25) is 0 Å². The molecule has 0 spiro atoms. The van der Waals surface area contributed by atoms with Crippen LogP contribution in [0.1, 0.15) is 77.6 Å². The summed E-state index contributed by atoms with van der Waals surface area (Å²) in [5.41, 5.74) is 1.31. The van der Waals surface area contributed by atoms with Crippen molar-refractivity contribution in [3.8, 4) is 0 Å². The Bertz CT molecular complexity index is 380. The molecule has 0 radical (unpaired) electrons. The smallest absolute Gasteiger partial charge is 0.307 e. The topological polar surface area (TPSA) is 43.4 Å². The zero-order valence-electron chi connectivity index (χ0n) is 13.2. The molecule has 0 atom stereocenters. The number of unbranched alkanes of at least 4 members (excludes halogenated alkanes) is 7. The third-order valence-electron chi connectivity index (χ3n) is 3.71. The molecule has 0 unspecified atom stereocenters. The summed E-state index contributed by atoms with van der Waals surface area (Å²) < 4.78 is 5.17. The minimum Gasteiger partial charge on any atom is -0.431 e. The summed E-state index contributed by atoms with van der Waals surface area (Å²) >= 11 is 0. The molecule has 0 aromatic heterocycles. The molecule has 0 saturated carbocycles. The van der Waals surface area contributed by atoms with Crippen molar-refractivity contribution in [2.24, 2.45) is 0 Å². The average Bonchev–Trinajstić information content (AvgIpc) is 2.45. The van der Waals surface area contributed by atoms with Gasteiger partial charge in [0.1, 0.15) is 12.0 Å². The first-order valence-electron chi connectivity index (χ1n) is 8.24. The van der Waals surface area contributed by atoms with Crippen LogP contribution in [0.4, 0.5) is 0 Å². The quantitative estimate of drug-likeness (QED) is 0.310. The Labute approximate surface area is 128 Å². The van der Waals surface area contributed by atoms with E-state index < -0.39 is 0 Å². The van der Waals surface area contributed by atoms with E-state index in [1.54, 1.807) is 0 Å². The van der Waals surface area contributed by atoms with Gasteiger partial charge in [0.05, 0.1) is 0 Å². The average molecular weight is 292 g/mol. The maximum Gasteiger partial charge on any atom is 0.307 e. The molecule has 0 heterocycles. The van der Waals surface area contributed by atoms with E-state index in [4.69, 9.17) is 4.74 Å². The van der Waals surface area contributed by atoms with Gasteiger partial charge >= 0.3 is 5.97 Å². The van der Waals surface area contributed by atoms with E-state index in [9.17, 15) is 9.59 Å². The Morgan fingerprint density at radius 3 is 2.48 bits per heavy atom. The fourth-order valence-corrected chi connectivity index (χ4v) is 2.62. The maximum atomic E-state index is 10.9. The molecule has 0 aromatic rings. The predicted octanol–water partition coefficient (Wildman–Crippen LogP) is 4.86. The van der Waals surface area contributed by atoms with Gasteiger partial charge in [-0.25, -0.2) is 0 Å². The van der Waals surface area contributed by atoms with Gasteiger partial charge in [0.25, 0.3) is 0 Å². The Morgan fingerprint density at radius 2 is 1.81 bits per heavy atom. The number of carbonyl (C=O) groups is 2. The van der Waals surface area contributed by atoms with Crippen LogP contribution in [0.2, 0.25) is 0 Å². The summed E-state index contributed by atoms with van der Waals surface area (Å²) in [4.78, 5) is 21.1. The van der Waals surface area contributed by atoms with Gasteiger partial charge in [0, 0.05) is 19.8 Å². The summed E-state index contributed by atoms with van der Waals surface area (Å²) in [5.74, 6) is 0.590. The van der Waals surface area contributed by atoms with Crippen LogP contribution in [0, 0.1) is 0 Å². The normalized spacial score (nSPS) is 14.3. The molecule has 0 fully saturated rings. The van der Waals surface area contributed by atoms with E-state index in [1.165, 1.54) is 51.0 Å². The summed E-state index contributed by atoms with van der Waals surface area (Å²) in [6.45, 7) is 1.45. The molecular formula is C18H28O3. The molecule has 0 amide bonds. The minimum absolute atomic E-state index is 0.225. The lowest BCUT2D eigenvalue weighted by atomic mass is 9.99. The highest BCUT2D eigenvalue weighted by Crippen LogP contribution is 2.22. The van der Waals surface area contributed by atoms with Crippen molar-refractivity contribution >= 4 is 12.3 Å². The highest BCUT2D eigenvalue weighted by atomic mass is 16.5. The Hall–Kier alpha value is -1.38. The lowest BCUT2D eigenvalue weighted by Crippen LogP contribution is -2.02. The number of allylic oxidation sites excluding steroid dienone is 4. The van der Waals surface area contributed by atoms with E-state index in [2.05, 4.69) is 6.08 Å². The standard InChI is InChI=1S/C18H28O3/c1-16(20)21-18-13-10-12-17(15-18)11-8-6-4-2-3-5-7-9-14-19/h12,14-15H,2-11,13H2,1H3. The van der Waals surface area contributed by atoms with Gasteiger partial charge in [-0.3, -0.25) is 4.79 Å². The lowest BCUT2D eigenvalue weighted by molar-refractivity contribution is -0.137. The van der Waals surface area contributed by atoms with E-state index in [1.807, 2.05) is 6.08 Å². The number of aldehydes is 1. The Balaban J connectivity index is 2.04. The maximum absolute atomic E-state index is 10.9. The molecule has 3 heteroatoms. The number of ether oxygens (including phenoxy) is 1. The van der Waals surface area contributed by atoms with Crippen LogP contribution < -0.4 is 0 Å². The van der Waals surface area contributed by atoms with Crippen molar-refractivity contribution in [3.63, 3.8) is 0 Å². The molecule has 1 aliphatic rings. The molecule has 0 N–H and O–H groups in total. The number of hydrogen-bond donors (Lipinski definition) is 0. The second kappa shape index (κ2) is 11.3. The first kappa shape index (κ1) is 17.7. The third kappa shape index (κ3) is 9.22. The first-order valence-corrected chi connectivity index (χ1v) is 8.24. The number of rotatable bonds is 11. The predicted molar refractivity (Wildman–Crippen MR) is 84.8 cm³/mol. The molecule has 0 bridgehead atoms. The number of carbonyl (C=O) groups excluding carboxylic acids is 2. The second-order valence-corrected chi connectivity index (χ2v) is 5.70. The van der Waals surface area contributed by atoms with Crippen LogP contribution in [0.5, 0.6) is 0 Å². The molecule has 0 aromatic carbocycles. The van der Waals surface area contributed by atoms with E-state index in [0.717, 1.165) is 37.7 Å². The highest BCUT2D eigenvalue weighted by Gasteiger charge is 2.08. The summed E-state index contributed by atoms with van der Waals surface area (Å²) in [6.07, 6.45) is 17.4. The van der Waals surface area contributed by atoms with Gasteiger partial charge in [-0.2, -0.15) is 0 Å². The monoisotopic (exact) mass is 292 g/mol. The fourth-order valence-electron chi connectivity index (χ4n) is 2.62. The fraction of sp³-hybridized carbons (Fsp3) is 0.667. The van der Waals surface area contributed by atoms with Crippen molar-refractivity contribution < 1.29 is 14.3 Å². The zero-order chi connectivity index (χ0) is 15.3. The van der Waals surface area contributed by atoms with Gasteiger partial charge < -0.3 is 9.53 Å². The summed E-state index contributed by atoms with van der Waals surface area (Å²) in [6, 6.07) is 0. The Morgan fingerprint density at radius 1 is 1.14 bits per heavy atom. The van der Waals surface area contributed by atoms with Crippen LogP contribution in [0.25, 0.3) is 0 Å². The zero-order valence-corrected chi connectivity index (χ0v) is 13.2. The molecule has 21 heavy (non-hydrogen) atoms. The molecule has 1 rings (SSSR count). The van der Waals surface area contributed by atoms with Crippen molar-refractivity contribution in [2.75, 3.05) is 0 Å². The first-order chi connectivity index (χ1) is 10.2. The van der Waals surface area contributed by atoms with Crippen molar-refractivity contribution in [3.05, 3.63) is 23.5 Å². The molecule has 118 valence electrons. The lowest BCUT2D eigenvalue weighted by Gasteiger charge is -2.13. The van der Waals surface area contributed by atoms with Crippen LogP contribution in [-0.2, 0) is 14.3 Å². The van der Waals surface area contributed by atoms with E-state index >= 15 is 0 Å².